The monoisotopic (exact) mass is 256 g/mol. The lowest BCUT2D eigenvalue weighted by Gasteiger charge is -2.23. The van der Waals surface area contributed by atoms with Gasteiger partial charge in [-0.25, -0.2) is 0 Å². The maximum atomic E-state index is 6.05. The van der Waals surface area contributed by atoms with Crippen molar-refractivity contribution in [3.05, 3.63) is 34.3 Å². The lowest BCUT2D eigenvalue weighted by Crippen LogP contribution is -2.35. The summed E-state index contributed by atoms with van der Waals surface area (Å²) in [6, 6.07) is 8.05. The van der Waals surface area contributed by atoms with Crippen molar-refractivity contribution in [1.82, 2.24) is 0 Å². The Morgan fingerprint density at radius 3 is 2.57 bits per heavy atom. The van der Waals surface area contributed by atoms with Crippen molar-refractivity contribution in [3.63, 3.8) is 0 Å². The highest BCUT2D eigenvalue weighted by Crippen LogP contribution is 2.22. The van der Waals surface area contributed by atoms with E-state index in [0.717, 1.165) is 16.5 Å². The zero-order chi connectivity index (χ0) is 10.8. The van der Waals surface area contributed by atoms with E-state index < -0.39 is 0 Å². The van der Waals surface area contributed by atoms with Crippen LogP contribution in [0.4, 0.5) is 0 Å². The molecule has 0 aliphatic carbocycles. The Hall–Kier alpha value is -0.380. The second-order valence-corrected chi connectivity index (χ2v) is 5.27. The van der Waals surface area contributed by atoms with Gasteiger partial charge >= 0.3 is 0 Å². The highest BCUT2D eigenvalue weighted by molar-refractivity contribution is 9.10. The molecule has 1 aromatic rings. The molecule has 3 heteroatoms. The number of rotatable bonds is 3. The molecule has 1 aromatic carbocycles. The lowest BCUT2D eigenvalue weighted by molar-refractivity contribution is 0.429. The number of hydrogen-bond donors (Lipinski definition) is 2. The molecule has 0 saturated carbocycles. The summed E-state index contributed by atoms with van der Waals surface area (Å²) in [5, 5.41) is 0. The Balaban J connectivity index is 2.74. The molecule has 14 heavy (non-hydrogen) atoms. The standard InChI is InChI=1S/C11H17BrN2/c1-11(2,14)7-10(13)8-4-3-5-9(12)6-8/h3-6,10H,7,13-14H2,1-2H3. The summed E-state index contributed by atoms with van der Waals surface area (Å²) >= 11 is 3.42. The van der Waals surface area contributed by atoms with Crippen LogP contribution in [0.5, 0.6) is 0 Å². The smallest absolute Gasteiger partial charge is 0.0312 e. The highest BCUT2D eigenvalue weighted by atomic mass is 79.9. The summed E-state index contributed by atoms with van der Waals surface area (Å²) in [6.45, 7) is 3.98. The van der Waals surface area contributed by atoms with Gasteiger partial charge in [-0.15, -0.1) is 0 Å². The topological polar surface area (TPSA) is 52.0 Å². The van der Waals surface area contributed by atoms with E-state index in [4.69, 9.17) is 11.5 Å². The molecule has 0 aromatic heterocycles. The van der Waals surface area contributed by atoms with E-state index in [1.54, 1.807) is 0 Å². The molecule has 78 valence electrons. The van der Waals surface area contributed by atoms with Gasteiger partial charge in [0, 0.05) is 16.1 Å². The molecule has 0 aliphatic heterocycles. The first-order valence-electron chi connectivity index (χ1n) is 4.68. The van der Waals surface area contributed by atoms with Crippen molar-refractivity contribution in [2.24, 2.45) is 11.5 Å². The summed E-state index contributed by atoms with van der Waals surface area (Å²) in [4.78, 5) is 0. The molecule has 1 unspecified atom stereocenters. The van der Waals surface area contributed by atoms with Crippen molar-refractivity contribution >= 4 is 15.9 Å². The SMILES string of the molecule is CC(C)(N)CC(N)c1cccc(Br)c1. The molecule has 0 radical (unpaired) electrons. The van der Waals surface area contributed by atoms with Crippen LogP contribution in [0.15, 0.2) is 28.7 Å². The first kappa shape index (κ1) is 11.7. The number of benzene rings is 1. The Bertz CT molecular complexity index is 304. The van der Waals surface area contributed by atoms with Gasteiger partial charge in [0.1, 0.15) is 0 Å². The van der Waals surface area contributed by atoms with Crippen molar-refractivity contribution in [2.45, 2.75) is 31.8 Å². The maximum absolute atomic E-state index is 6.05. The van der Waals surface area contributed by atoms with E-state index in [0.29, 0.717) is 0 Å². The molecule has 1 rings (SSSR count). The highest BCUT2D eigenvalue weighted by Gasteiger charge is 2.17. The number of halogens is 1. The molecule has 0 aliphatic rings. The molecule has 0 saturated heterocycles. The third-order valence-corrected chi connectivity index (χ3v) is 2.52. The number of nitrogens with two attached hydrogens (primary N) is 2. The number of hydrogen-bond acceptors (Lipinski definition) is 2. The minimum Gasteiger partial charge on any atom is -0.325 e. The van der Waals surface area contributed by atoms with Gasteiger partial charge in [-0.3, -0.25) is 0 Å². The molecular weight excluding hydrogens is 240 g/mol. The predicted molar refractivity (Wildman–Crippen MR) is 64.0 cm³/mol. The second kappa shape index (κ2) is 4.43. The quantitative estimate of drug-likeness (QED) is 0.874. The minimum absolute atomic E-state index is 0.00694. The van der Waals surface area contributed by atoms with Gasteiger partial charge in [0.05, 0.1) is 0 Å². The van der Waals surface area contributed by atoms with Gasteiger partial charge in [-0.05, 0) is 38.0 Å². The Labute approximate surface area is 93.8 Å². The minimum atomic E-state index is -0.221. The first-order valence-corrected chi connectivity index (χ1v) is 5.48. The van der Waals surface area contributed by atoms with Gasteiger partial charge in [0.15, 0.2) is 0 Å². The summed E-state index contributed by atoms with van der Waals surface area (Å²) in [5.74, 6) is 0. The first-order chi connectivity index (χ1) is 6.38. The average molecular weight is 257 g/mol. The average Bonchev–Trinajstić information content (AvgIpc) is 2.01. The van der Waals surface area contributed by atoms with E-state index >= 15 is 0 Å². The molecule has 0 heterocycles. The van der Waals surface area contributed by atoms with Crippen LogP contribution in [0.2, 0.25) is 0 Å². The molecule has 1 atom stereocenters. The zero-order valence-corrected chi connectivity index (χ0v) is 10.2. The van der Waals surface area contributed by atoms with Gasteiger partial charge in [-0.2, -0.15) is 0 Å². The van der Waals surface area contributed by atoms with E-state index in [2.05, 4.69) is 15.9 Å². The van der Waals surface area contributed by atoms with Gasteiger partial charge in [0.25, 0.3) is 0 Å². The normalized spacial score (nSPS) is 14.1. The van der Waals surface area contributed by atoms with Crippen LogP contribution in [0, 0.1) is 0 Å². The molecule has 0 fully saturated rings. The Morgan fingerprint density at radius 1 is 1.43 bits per heavy atom. The molecule has 0 amide bonds. The fourth-order valence-electron chi connectivity index (χ4n) is 1.42. The van der Waals surface area contributed by atoms with Crippen molar-refractivity contribution in [2.75, 3.05) is 0 Å². The van der Waals surface area contributed by atoms with Crippen LogP contribution < -0.4 is 11.5 Å². The summed E-state index contributed by atoms with van der Waals surface area (Å²) in [5.41, 5.74) is 12.9. The van der Waals surface area contributed by atoms with Crippen molar-refractivity contribution in [1.29, 1.82) is 0 Å². The zero-order valence-electron chi connectivity index (χ0n) is 8.63. The fraction of sp³-hybridized carbons (Fsp3) is 0.455. The van der Waals surface area contributed by atoms with E-state index in [-0.39, 0.29) is 11.6 Å². The molecule has 4 N–H and O–H groups in total. The van der Waals surface area contributed by atoms with Gasteiger partial charge in [-0.1, -0.05) is 28.1 Å². The summed E-state index contributed by atoms with van der Waals surface area (Å²) in [7, 11) is 0. The van der Waals surface area contributed by atoms with Gasteiger partial charge < -0.3 is 11.5 Å². The molecular formula is C11H17BrN2. The van der Waals surface area contributed by atoms with Crippen LogP contribution in [-0.2, 0) is 0 Å². The molecule has 2 nitrogen and oxygen atoms in total. The van der Waals surface area contributed by atoms with E-state index in [1.165, 1.54) is 0 Å². The second-order valence-electron chi connectivity index (χ2n) is 4.35. The Morgan fingerprint density at radius 2 is 2.07 bits per heavy atom. The maximum Gasteiger partial charge on any atom is 0.0312 e. The van der Waals surface area contributed by atoms with E-state index in [1.807, 2.05) is 38.1 Å². The molecule has 0 bridgehead atoms. The fourth-order valence-corrected chi connectivity index (χ4v) is 1.84. The largest absolute Gasteiger partial charge is 0.325 e. The van der Waals surface area contributed by atoms with Crippen molar-refractivity contribution in [3.8, 4) is 0 Å². The molecule has 0 spiro atoms. The van der Waals surface area contributed by atoms with Crippen LogP contribution in [-0.4, -0.2) is 5.54 Å². The summed E-state index contributed by atoms with van der Waals surface area (Å²) < 4.78 is 1.06. The van der Waals surface area contributed by atoms with Crippen LogP contribution in [0.25, 0.3) is 0 Å². The van der Waals surface area contributed by atoms with E-state index in [9.17, 15) is 0 Å². The van der Waals surface area contributed by atoms with Crippen molar-refractivity contribution < 1.29 is 0 Å². The Kier molecular flexibility index (Phi) is 3.70. The van der Waals surface area contributed by atoms with Crippen LogP contribution >= 0.6 is 15.9 Å². The summed E-state index contributed by atoms with van der Waals surface area (Å²) in [6.07, 6.45) is 0.781. The van der Waals surface area contributed by atoms with Crippen LogP contribution in [0.1, 0.15) is 31.9 Å². The predicted octanol–water partition coefficient (Wildman–Crippen LogP) is 2.58. The third kappa shape index (κ3) is 3.78. The van der Waals surface area contributed by atoms with Gasteiger partial charge in [0.2, 0.25) is 0 Å². The van der Waals surface area contributed by atoms with Crippen LogP contribution in [0.3, 0.4) is 0 Å². The lowest BCUT2D eigenvalue weighted by atomic mass is 9.93. The third-order valence-electron chi connectivity index (χ3n) is 2.02.